The van der Waals surface area contributed by atoms with Crippen molar-refractivity contribution >= 4 is 27.7 Å². The summed E-state index contributed by atoms with van der Waals surface area (Å²) in [7, 11) is 0. The zero-order chi connectivity index (χ0) is 14.1. The minimum absolute atomic E-state index is 0.0335. The molecule has 20 heavy (non-hydrogen) atoms. The lowest BCUT2D eigenvalue weighted by atomic mass is 10.1. The standard InChI is InChI=1S/C15H17BrN2O2/c16-12-6-4-11(5-7-12)14(19)18-10-1-3-13(18)15(20)17-8-2-9-17/h4-7,13H,1-3,8-10H2/t13-/m0/s1. The van der Waals surface area contributed by atoms with Crippen molar-refractivity contribution in [1.29, 1.82) is 0 Å². The highest BCUT2D eigenvalue weighted by Crippen LogP contribution is 2.24. The van der Waals surface area contributed by atoms with Gasteiger partial charge in [-0.05, 0) is 43.5 Å². The lowest BCUT2D eigenvalue weighted by Crippen LogP contribution is -2.52. The summed E-state index contributed by atoms with van der Waals surface area (Å²) < 4.78 is 0.948. The summed E-state index contributed by atoms with van der Waals surface area (Å²) >= 11 is 3.36. The molecule has 0 aliphatic carbocycles. The molecule has 0 bridgehead atoms. The first kappa shape index (κ1) is 13.6. The largest absolute Gasteiger partial charge is 0.341 e. The molecule has 2 amide bonds. The minimum atomic E-state index is -0.258. The van der Waals surface area contributed by atoms with Crippen molar-refractivity contribution in [3.63, 3.8) is 0 Å². The van der Waals surface area contributed by atoms with E-state index in [2.05, 4.69) is 15.9 Å². The number of likely N-dealkylation sites (tertiary alicyclic amines) is 2. The molecule has 2 fully saturated rings. The lowest BCUT2D eigenvalue weighted by molar-refractivity contribution is -0.138. The molecule has 3 rings (SSSR count). The summed E-state index contributed by atoms with van der Waals surface area (Å²) in [5, 5.41) is 0. The Balaban J connectivity index is 1.75. The van der Waals surface area contributed by atoms with Gasteiger partial charge in [0.05, 0.1) is 0 Å². The molecule has 2 saturated heterocycles. The summed E-state index contributed by atoms with van der Waals surface area (Å²) in [5.74, 6) is 0.0908. The van der Waals surface area contributed by atoms with E-state index in [1.165, 1.54) is 0 Å². The number of hydrogen-bond acceptors (Lipinski definition) is 2. The first-order valence-electron chi connectivity index (χ1n) is 7.02. The van der Waals surface area contributed by atoms with Crippen LogP contribution in [0.4, 0.5) is 0 Å². The SMILES string of the molecule is O=C([C@@H]1CCCN1C(=O)c1ccc(Br)cc1)N1CCC1. The van der Waals surface area contributed by atoms with E-state index in [1.807, 2.05) is 17.0 Å². The van der Waals surface area contributed by atoms with Crippen LogP contribution in [-0.4, -0.2) is 47.3 Å². The molecule has 0 aromatic heterocycles. The zero-order valence-electron chi connectivity index (χ0n) is 11.2. The van der Waals surface area contributed by atoms with E-state index in [1.54, 1.807) is 17.0 Å². The minimum Gasteiger partial charge on any atom is -0.341 e. The molecule has 0 unspecified atom stereocenters. The maximum Gasteiger partial charge on any atom is 0.254 e. The van der Waals surface area contributed by atoms with Gasteiger partial charge in [-0.25, -0.2) is 0 Å². The van der Waals surface area contributed by atoms with Gasteiger partial charge in [-0.2, -0.15) is 0 Å². The number of benzene rings is 1. The fourth-order valence-electron chi connectivity index (χ4n) is 2.77. The van der Waals surface area contributed by atoms with Gasteiger partial charge in [-0.3, -0.25) is 9.59 Å². The van der Waals surface area contributed by atoms with Crippen LogP contribution in [0.15, 0.2) is 28.7 Å². The number of halogens is 1. The van der Waals surface area contributed by atoms with E-state index in [4.69, 9.17) is 0 Å². The molecule has 2 heterocycles. The molecule has 0 spiro atoms. The third-order valence-electron chi connectivity index (χ3n) is 4.06. The van der Waals surface area contributed by atoms with Gasteiger partial charge in [0, 0.05) is 29.7 Å². The first-order valence-corrected chi connectivity index (χ1v) is 7.81. The van der Waals surface area contributed by atoms with Crippen molar-refractivity contribution in [2.75, 3.05) is 19.6 Å². The monoisotopic (exact) mass is 336 g/mol. The summed E-state index contributed by atoms with van der Waals surface area (Å²) in [6.45, 7) is 2.37. The van der Waals surface area contributed by atoms with E-state index >= 15 is 0 Å². The van der Waals surface area contributed by atoms with Crippen LogP contribution in [-0.2, 0) is 4.79 Å². The Hall–Kier alpha value is -1.36. The predicted molar refractivity (Wildman–Crippen MR) is 79.4 cm³/mol. The quantitative estimate of drug-likeness (QED) is 0.831. The second-order valence-electron chi connectivity index (χ2n) is 5.34. The number of hydrogen-bond donors (Lipinski definition) is 0. The van der Waals surface area contributed by atoms with Crippen molar-refractivity contribution in [2.45, 2.75) is 25.3 Å². The topological polar surface area (TPSA) is 40.6 Å². The van der Waals surface area contributed by atoms with E-state index in [0.717, 1.165) is 36.8 Å². The molecular weight excluding hydrogens is 320 g/mol. The third kappa shape index (κ3) is 2.46. The number of rotatable bonds is 2. The van der Waals surface area contributed by atoms with Crippen molar-refractivity contribution in [1.82, 2.24) is 9.80 Å². The van der Waals surface area contributed by atoms with Crippen LogP contribution in [0.2, 0.25) is 0 Å². The molecule has 106 valence electrons. The van der Waals surface area contributed by atoms with Crippen molar-refractivity contribution in [3.05, 3.63) is 34.3 Å². The smallest absolute Gasteiger partial charge is 0.254 e. The number of amides is 2. The molecule has 5 heteroatoms. The van der Waals surface area contributed by atoms with Gasteiger partial charge in [-0.15, -0.1) is 0 Å². The molecule has 2 aliphatic rings. The predicted octanol–water partition coefficient (Wildman–Crippen LogP) is 2.29. The normalized spacial score (nSPS) is 21.8. The fourth-order valence-corrected chi connectivity index (χ4v) is 3.04. The molecule has 4 nitrogen and oxygen atoms in total. The average Bonchev–Trinajstić information content (AvgIpc) is 2.85. The maximum atomic E-state index is 12.5. The van der Waals surface area contributed by atoms with Crippen LogP contribution in [0.5, 0.6) is 0 Å². The van der Waals surface area contributed by atoms with E-state index in [9.17, 15) is 9.59 Å². The van der Waals surface area contributed by atoms with Crippen LogP contribution in [0.3, 0.4) is 0 Å². The molecule has 0 radical (unpaired) electrons. The Bertz CT molecular complexity index is 525. The van der Waals surface area contributed by atoms with Crippen molar-refractivity contribution in [3.8, 4) is 0 Å². The van der Waals surface area contributed by atoms with Crippen LogP contribution in [0, 0.1) is 0 Å². The highest BCUT2D eigenvalue weighted by Gasteiger charge is 2.38. The molecular formula is C15H17BrN2O2. The highest BCUT2D eigenvalue weighted by molar-refractivity contribution is 9.10. The summed E-state index contributed by atoms with van der Waals surface area (Å²) in [4.78, 5) is 28.5. The Kier molecular flexibility index (Phi) is 3.78. The molecule has 1 aromatic carbocycles. The first-order chi connectivity index (χ1) is 9.66. The Labute approximate surface area is 126 Å². The van der Waals surface area contributed by atoms with Crippen LogP contribution in [0.1, 0.15) is 29.6 Å². The van der Waals surface area contributed by atoms with E-state index in [-0.39, 0.29) is 17.9 Å². The second-order valence-corrected chi connectivity index (χ2v) is 6.26. The fraction of sp³-hybridized carbons (Fsp3) is 0.467. The van der Waals surface area contributed by atoms with E-state index in [0.29, 0.717) is 12.1 Å². The third-order valence-corrected chi connectivity index (χ3v) is 4.59. The molecule has 1 aromatic rings. The summed E-state index contributed by atoms with van der Waals surface area (Å²) in [6.07, 6.45) is 2.78. The molecule has 0 saturated carbocycles. The van der Waals surface area contributed by atoms with Gasteiger partial charge in [0.1, 0.15) is 6.04 Å². The van der Waals surface area contributed by atoms with Gasteiger partial charge in [-0.1, -0.05) is 15.9 Å². The second kappa shape index (κ2) is 5.56. The van der Waals surface area contributed by atoms with Gasteiger partial charge in [0.25, 0.3) is 5.91 Å². The number of carbonyl (C=O) groups is 2. The molecule has 0 N–H and O–H groups in total. The van der Waals surface area contributed by atoms with Gasteiger partial charge in [0.2, 0.25) is 5.91 Å². The van der Waals surface area contributed by atoms with Gasteiger partial charge < -0.3 is 9.80 Å². The number of nitrogens with zero attached hydrogens (tertiary/aromatic N) is 2. The van der Waals surface area contributed by atoms with Crippen LogP contribution < -0.4 is 0 Å². The summed E-state index contributed by atoms with van der Waals surface area (Å²) in [6, 6.07) is 7.06. The molecule has 2 aliphatic heterocycles. The lowest BCUT2D eigenvalue weighted by Gasteiger charge is -2.35. The van der Waals surface area contributed by atoms with Gasteiger partial charge >= 0.3 is 0 Å². The van der Waals surface area contributed by atoms with Crippen LogP contribution >= 0.6 is 15.9 Å². The van der Waals surface area contributed by atoms with E-state index < -0.39 is 0 Å². The van der Waals surface area contributed by atoms with Crippen molar-refractivity contribution in [2.24, 2.45) is 0 Å². The Morgan fingerprint density at radius 1 is 1.05 bits per heavy atom. The van der Waals surface area contributed by atoms with Gasteiger partial charge in [0.15, 0.2) is 0 Å². The molecule has 1 atom stereocenters. The maximum absolute atomic E-state index is 12.5. The Morgan fingerprint density at radius 2 is 1.75 bits per heavy atom. The zero-order valence-corrected chi connectivity index (χ0v) is 12.8. The Morgan fingerprint density at radius 3 is 2.35 bits per heavy atom. The average molecular weight is 337 g/mol. The summed E-state index contributed by atoms with van der Waals surface area (Å²) in [5.41, 5.74) is 0.650. The van der Waals surface area contributed by atoms with Crippen molar-refractivity contribution < 1.29 is 9.59 Å². The van der Waals surface area contributed by atoms with Crippen LogP contribution in [0.25, 0.3) is 0 Å². The highest BCUT2D eigenvalue weighted by atomic mass is 79.9. The number of carbonyl (C=O) groups excluding carboxylic acids is 2.